The largest absolute Gasteiger partial charge is 0.454 e. The number of fused-ring (bicyclic) bond motifs is 1. The third-order valence-electron chi connectivity index (χ3n) is 5.82. The summed E-state index contributed by atoms with van der Waals surface area (Å²) in [6, 6.07) is 14.7. The van der Waals surface area contributed by atoms with E-state index >= 15 is 0 Å². The molecule has 0 spiro atoms. The first-order valence-electron chi connectivity index (χ1n) is 11.4. The van der Waals surface area contributed by atoms with Crippen molar-refractivity contribution in [1.82, 2.24) is 15.5 Å². The van der Waals surface area contributed by atoms with Crippen molar-refractivity contribution in [2.75, 3.05) is 33.5 Å². The van der Waals surface area contributed by atoms with Crippen LogP contribution in [0.3, 0.4) is 0 Å². The van der Waals surface area contributed by atoms with Crippen LogP contribution in [0.2, 0.25) is 0 Å². The molecule has 0 bridgehead atoms. The van der Waals surface area contributed by atoms with Gasteiger partial charge in [0.05, 0.1) is 12.2 Å². The van der Waals surface area contributed by atoms with Crippen LogP contribution in [-0.4, -0.2) is 56.5 Å². The second kappa shape index (κ2) is 10.7. The Bertz CT molecular complexity index is 923. The summed E-state index contributed by atoms with van der Waals surface area (Å²) >= 11 is 0. The number of ether oxygens (including phenoxy) is 3. The molecule has 4 rings (SSSR count). The molecule has 2 aliphatic rings. The second-order valence-electron chi connectivity index (χ2n) is 8.51. The molecule has 172 valence electrons. The predicted molar refractivity (Wildman–Crippen MR) is 126 cm³/mol. The van der Waals surface area contributed by atoms with Crippen molar-refractivity contribution in [2.24, 2.45) is 4.99 Å². The topological polar surface area (TPSA) is 67.4 Å². The summed E-state index contributed by atoms with van der Waals surface area (Å²) in [5.41, 5.74) is 3.84. The van der Waals surface area contributed by atoms with Gasteiger partial charge in [0, 0.05) is 39.8 Å². The number of guanidine groups is 1. The molecule has 2 heterocycles. The van der Waals surface area contributed by atoms with E-state index in [4.69, 9.17) is 14.2 Å². The van der Waals surface area contributed by atoms with Gasteiger partial charge in [0.2, 0.25) is 6.79 Å². The van der Waals surface area contributed by atoms with Gasteiger partial charge in [-0.05, 0) is 49.1 Å². The Morgan fingerprint density at radius 1 is 1.00 bits per heavy atom. The lowest BCUT2D eigenvalue weighted by atomic mass is 10.1. The highest BCUT2D eigenvalue weighted by Gasteiger charge is 2.22. The van der Waals surface area contributed by atoms with E-state index in [9.17, 15) is 0 Å². The van der Waals surface area contributed by atoms with E-state index in [-0.39, 0.29) is 12.2 Å². The molecule has 0 saturated carbocycles. The minimum Gasteiger partial charge on any atom is -0.454 e. The number of nitrogens with one attached hydrogen (secondary N) is 2. The first-order valence-corrected chi connectivity index (χ1v) is 11.4. The quantitative estimate of drug-likeness (QED) is 0.512. The van der Waals surface area contributed by atoms with Crippen molar-refractivity contribution in [3.63, 3.8) is 0 Å². The lowest BCUT2D eigenvalue weighted by Gasteiger charge is -2.35. The van der Waals surface area contributed by atoms with E-state index in [1.807, 2.05) is 12.1 Å². The number of rotatable bonds is 7. The molecule has 2 aromatic carbocycles. The Kier molecular flexibility index (Phi) is 7.50. The summed E-state index contributed by atoms with van der Waals surface area (Å²) in [6.45, 7) is 8.99. The average molecular weight is 439 g/mol. The maximum atomic E-state index is 5.88. The molecule has 2 aliphatic heterocycles. The van der Waals surface area contributed by atoms with Gasteiger partial charge in [0.15, 0.2) is 17.5 Å². The minimum atomic E-state index is 0.275. The van der Waals surface area contributed by atoms with Gasteiger partial charge in [-0.1, -0.05) is 30.3 Å². The SMILES string of the molecule is CN=C(NCCc1ccc2c(c1)OCO2)NCc1ccccc1CN1CC(C)OC(C)C1. The molecule has 2 N–H and O–H groups in total. The summed E-state index contributed by atoms with van der Waals surface area (Å²) in [5.74, 6) is 2.44. The van der Waals surface area contributed by atoms with Crippen LogP contribution >= 0.6 is 0 Å². The van der Waals surface area contributed by atoms with Gasteiger partial charge < -0.3 is 24.8 Å². The van der Waals surface area contributed by atoms with E-state index in [0.717, 1.165) is 56.6 Å². The van der Waals surface area contributed by atoms with Gasteiger partial charge >= 0.3 is 0 Å². The average Bonchev–Trinajstić information content (AvgIpc) is 3.24. The summed E-state index contributed by atoms with van der Waals surface area (Å²) < 4.78 is 16.7. The lowest BCUT2D eigenvalue weighted by Crippen LogP contribution is -2.45. The molecule has 0 aliphatic carbocycles. The van der Waals surface area contributed by atoms with Crippen molar-refractivity contribution < 1.29 is 14.2 Å². The summed E-state index contributed by atoms with van der Waals surface area (Å²) in [7, 11) is 1.80. The maximum absolute atomic E-state index is 5.88. The molecule has 1 saturated heterocycles. The molecule has 7 nitrogen and oxygen atoms in total. The van der Waals surface area contributed by atoms with E-state index in [1.54, 1.807) is 7.05 Å². The smallest absolute Gasteiger partial charge is 0.231 e. The van der Waals surface area contributed by atoms with Crippen molar-refractivity contribution in [1.29, 1.82) is 0 Å². The van der Waals surface area contributed by atoms with E-state index in [1.165, 1.54) is 16.7 Å². The Labute approximate surface area is 190 Å². The molecule has 32 heavy (non-hydrogen) atoms. The first-order chi connectivity index (χ1) is 15.6. The van der Waals surface area contributed by atoms with Crippen LogP contribution < -0.4 is 20.1 Å². The highest BCUT2D eigenvalue weighted by Crippen LogP contribution is 2.32. The van der Waals surface area contributed by atoms with E-state index in [0.29, 0.717) is 6.79 Å². The van der Waals surface area contributed by atoms with Crippen LogP contribution in [0.4, 0.5) is 0 Å². The van der Waals surface area contributed by atoms with Gasteiger partial charge in [-0.15, -0.1) is 0 Å². The second-order valence-corrected chi connectivity index (χ2v) is 8.51. The zero-order valence-electron chi connectivity index (χ0n) is 19.3. The Morgan fingerprint density at radius 2 is 1.75 bits per heavy atom. The van der Waals surface area contributed by atoms with Gasteiger partial charge in [-0.25, -0.2) is 0 Å². The van der Waals surface area contributed by atoms with E-state index < -0.39 is 0 Å². The number of morpholine rings is 1. The number of aliphatic imine (C=N–C) groups is 1. The van der Waals surface area contributed by atoms with Crippen LogP contribution in [0, 0.1) is 0 Å². The Hall–Kier alpha value is -2.77. The summed E-state index contributed by atoms with van der Waals surface area (Å²) in [5, 5.41) is 6.87. The zero-order valence-corrected chi connectivity index (χ0v) is 19.3. The molecular weight excluding hydrogens is 404 g/mol. The normalized spacial score (nSPS) is 20.9. The van der Waals surface area contributed by atoms with Crippen LogP contribution in [0.1, 0.15) is 30.5 Å². The highest BCUT2D eigenvalue weighted by atomic mass is 16.7. The van der Waals surface area contributed by atoms with Crippen LogP contribution in [-0.2, 0) is 24.2 Å². The summed E-state index contributed by atoms with van der Waals surface area (Å²) in [6.07, 6.45) is 1.43. The molecule has 2 atom stereocenters. The molecular formula is C25H34N4O3. The van der Waals surface area contributed by atoms with Gasteiger partial charge in [0.1, 0.15) is 0 Å². The van der Waals surface area contributed by atoms with E-state index in [2.05, 4.69) is 64.7 Å². The third-order valence-corrected chi connectivity index (χ3v) is 5.82. The molecule has 0 amide bonds. The number of benzene rings is 2. The Morgan fingerprint density at radius 3 is 2.53 bits per heavy atom. The fraction of sp³-hybridized carbons (Fsp3) is 0.480. The molecule has 0 radical (unpaired) electrons. The highest BCUT2D eigenvalue weighted by molar-refractivity contribution is 5.79. The van der Waals surface area contributed by atoms with Crippen molar-refractivity contribution >= 4 is 5.96 Å². The molecule has 2 unspecified atom stereocenters. The lowest BCUT2D eigenvalue weighted by molar-refractivity contribution is -0.0705. The van der Waals surface area contributed by atoms with Crippen molar-refractivity contribution in [2.45, 2.75) is 45.6 Å². The predicted octanol–water partition coefficient (Wildman–Crippen LogP) is 2.93. The number of nitrogens with zero attached hydrogens (tertiary/aromatic N) is 2. The molecule has 7 heteroatoms. The zero-order chi connectivity index (χ0) is 22.3. The Balaban J connectivity index is 1.27. The van der Waals surface area contributed by atoms with Crippen molar-refractivity contribution in [3.05, 3.63) is 59.2 Å². The molecule has 1 fully saturated rings. The first kappa shape index (κ1) is 22.4. The molecule has 0 aromatic heterocycles. The molecule has 2 aromatic rings. The third kappa shape index (κ3) is 5.93. The number of hydrogen-bond donors (Lipinski definition) is 2. The van der Waals surface area contributed by atoms with Gasteiger partial charge in [0.25, 0.3) is 0 Å². The number of hydrogen-bond acceptors (Lipinski definition) is 5. The van der Waals surface area contributed by atoms with Crippen LogP contribution in [0.5, 0.6) is 11.5 Å². The maximum Gasteiger partial charge on any atom is 0.231 e. The van der Waals surface area contributed by atoms with Crippen molar-refractivity contribution in [3.8, 4) is 11.5 Å². The fourth-order valence-corrected chi connectivity index (χ4v) is 4.36. The van der Waals surface area contributed by atoms with Gasteiger partial charge in [-0.2, -0.15) is 0 Å². The minimum absolute atomic E-state index is 0.275. The fourth-order valence-electron chi connectivity index (χ4n) is 4.36. The van der Waals surface area contributed by atoms with Crippen LogP contribution in [0.25, 0.3) is 0 Å². The summed E-state index contributed by atoms with van der Waals surface area (Å²) in [4.78, 5) is 6.86. The monoisotopic (exact) mass is 438 g/mol. The van der Waals surface area contributed by atoms with Crippen LogP contribution in [0.15, 0.2) is 47.5 Å². The van der Waals surface area contributed by atoms with Gasteiger partial charge in [-0.3, -0.25) is 9.89 Å². The standard InChI is InChI=1S/C25H34N4O3/c1-18-14-29(15-19(2)32-18)16-22-7-5-4-6-21(22)13-28-25(26-3)27-11-10-20-8-9-23-24(12-20)31-17-30-23/h4-9,12,18-19H,10-11,13-17H2,1-3H3,(H2,26,27,28).